The standard InChI is InChI=1S/C24H29N3O/c1-2-27(24(28)23-16-21-10-6-7-11-22(21)25-23)18-20-12-14-26(15-13-20)17-19-8-4-3-5-9-19/h3-11,16,20,25H,2,12-15,17-18H2,1H3. The monoisotopic (exact) mass is 375 g/mol. The lowest BCUT2D eigenvalue weighted by Gasteiger charge is -2.34. The van der Waals surface area contributed by atoms with Gasteiger partial charge in [0.1, 0.15) is 5.69 Å². The third-order valence-corrected chi connectivity index (χ3v) is 5.86. The van der Waals surface area contributed by atoms with Crippen molar-refractivity contribution in [2.24, 2.45) is 5.92 Å². The summed E-state index contributed by atoms with van der Waals surface area (Å²) < 4.78 is 0. The van der Waals surface area contributed by atoms with Crippen molar-refractivity contribution in [3.05, 3.63) is 71.9 Å². The van der Waals surface area contributed by atoms with Crippen molar-refractivity contribution in [1.29, 1.82) is 0 Å². The first-order chi connectivity index (χ1) is 13.7. The van der Waals surface area contributed by atoms with Gasteiger partial charge < -0.3 is 9.88 Å². The van der Waals surface area contributed by atoms with Gasteiger partial charge in [0.05, 0.1) is 0 Å². The van der Waals surface area contributed by atoms with E-state index in [1.54, 1.807) is 0 Å². The summed E-state index contributed by atoms with van der Waals surface area (Å²) in [5, 5.41) is 1.09. The van der Waals surface area contributed by atoms with Gasteiger partial charge in [-0.05, 0) is 56.5 Å². The summed E-state index contributed by atoms with van der Waals surface area (Å²) in [5.74, 6) is 0.700. The second kappa shape index (κ2) is 8.61. The van der Waals surface area contributed by atoms with Crippen LogP contribution in [-0.2, 0) is 6.54 Å². The molecule has 146 valence electrons. The number of aromatic amines is 1. The van der Waals surface area contributed by atoms with Crippen LogP contribution in [0.2, 0.25) is 0 Å². The summed E-state index contributed by atoms with van der Waals surface area (Å²) in [7, 11) is 0. The molecule has 1 amide bonds. The van der Waals surface area contributed by atoms with Crippen LogP contribution in [-0.4, -0.2) is 46.9 Å². The molecular weight excluding hydrogens is 346 g/mol. The van der Waals surface area contributed by atoms with E-state index < -0.39 is 0 Å². The Morgan fingerprint density at radius 2 is 1.79 bits per heavy atom. The van der Waals surface area contributed by atoms with Crippen molar-refractivity contribution in [3.63, 3.8) is 0 Å². The van der Waals surface area contributed by atoms with Crippen molar-refractivity contribution in [2.75, 3.05) is 26.2 Å². The molecule has 3 aromatic rings. The minimum Gasteiger partial charge on any atom is -0.351 e. The molecule has 2 aromatic carbocycles. The first kappa shape index (κ1) is 18.8. The Balaban J connectivity index is 1.33. The number of rotatable bonds is 6. The molecule has 1 aromatic heterocycles. The molecule has 4 heteroatoms. The number of nitrogens with one attached hydrogen (secondary N) is 1. The Morgan fingerprint density at radius 1 is 1.07 bits per heavy atom. The molecule has 1 aliphatic heterocycles. The molecule has 2 heterocycles. The van der Waals surface area contributed by atoms with E-state index in [1.807, 2.05) is 35.2 Å². The van der Waals surface area contributed by atoms with Crippen LogP contribution >= 0.6 is 0 Å². The van der Waals surface area contributed by atoms with Crippen molar-refractivity contribution >= 4 is 16.8 Å². The Labute approximate surface area is 167 Å². The Morgan fingerprint density at radius 3 is 2.50 bits per heavy atom. The fraction of sp³-hybridized carbons (Fsp3) is 0.375. The number of piperidine rings is 1. The summed E-state index contributed by atoms with van der Waals surface area (Å²) in [4.78, 5) is 20.8. The summed E-state index contributed by atoms with van der Waals surface area (Å²) in [6, 6.07) is 20.7. The average Bonchev–Trinajstić information content (AvgIpc) is 3.18. The van der Waals surface area contributed by atoms with Gasteiger partial charge >= 0.3 is 0 Å². The smallest absolute Gasteiger partial charge is 0.270 e. The Hall–Kier alpha value is -2.59. The number of aromatic nitrogens is 1. The lowest BCUT2D eigenvalue weighted by atomic mass is 9.95. The van der Waals surface area contributed by atoms with Crippen LogP contribution in [0.1, 0.15) is 35.8 Å². The molecule has 0 aliphatic carbocycles. The van der Waals surface area contributed by atoms with Crippen LogP contribution < -0.4 is 0 Å². The summed E-state index contributed by atoms with van der Waals surface area (Å²) >= 11 is 0. The molecule has 1 saturated heterocycles. The zero-order chi connectivity index (χ0) is 19.3. The number of benzene rings is 2. The van der Waals surface area contributed by atoms with E-state index in [9.17, 15) is 4.79 Å². The maximum absolute atomic E-state index is 13.0. The number of nitrogens with zero attached hydrogens (tertiary/aromatic N) is 2. The topological polar surface area (TPSA) is 39.3 Å². The minimum atomic E-state index is 0.116. The van der Waals surface area contributed by atoms with Crippen molar-refractivity contribution in [1.82, 2.24) is 14.8 Å². The van der Waals surface area contributed by atoms with Crippen LogP contribution in [0.15, 0.2) is 60.7 Å². The number of likely N-dealkylation sites (tertiary alicyclic amines) is 1. The van der Waals surface area contributed by atoms with Gasteiger partial charge in [-0.15, -0.1) is 0 Å². The van der Waals surface area contributed by atoms with Crippen molar-refractivity contribution in [3.8, 4) is 0 Å². The first-order valence-electron chi connectivity index (χ1n) is 10.4. The molecule has 0 spiro atoms. The summed E-state index contributed by atoms with van der Waals surface area (Å²) in [6.07, 6.45) is 2.31. The molecule has 0 atom stereocenters. The van der Waals surface area contributed by atoms with Crippen LogP contribution in [0.3, 0.4) is 0 Å². The Kier molecular flexibility index (Phi) is 5.77. The SMILES string of the molecule is CCN(CC1CCN(Cc2ccccc2)CC1)C(=O)c1cc2ccccc2[nH]1. The maximum Gasteiger partial charge on any atom is 0.270 e. The minimum absolute atomic E-state index is 0.116. The van der Waals surface area contributed by atoms with E-state index in [-0.39, 0.29) is 5.91 Å². The molecule has 1 aliphatic rings. The normalized spacial score (nSPS) is 15.8. The molecule has 0 radical (unpaired) electrons. The number of amides is 1. The Bertz CT molecular complexity index is 877. The van der Waals surface area contributed by atoms with Gasteiger partial charge in [0.2, 0.25) is 0 Å². The van der Waals surface area contributed by atoms with E-state index in [0.717, 1.165) is 56.5 Å². The predicted octanol–water partition coefficient (Wildman–Crippen LogP) is 4.54. The highest BCUT2D eigenvalue weighted by molar-refractivity contribution is 5.98. The lowest BCUT2D eigenvalue weighted by molar-refractivity contribution is 0.0694. The van der Waals surface area contributed by atoms with Gasteiger partial charge in [0.15, 0.2) is 0 Å². The van der Waals surface area contributed by atoms with Gasteiger partial charge in [0.25, 0.3) is 5.91 Å². The summed E-state index contributed by atoms with van der Waals surface area (Å²) in [5.41, 5.74) is 3.10. The van der Waals surface area contributed by atoms with Crippen molar-refractivity contribution in [2.45, 2.75) is 26.3 Å². The van der Waals surface area contributed by atoms with Crippen LogP contribution in [0, 0.1) is 5.92 Å². The molecule has 0 unspecified atom stereocenters. The third-order valence-electron chi connectivity index (χ3n) is 5.86. The average molecular weight is 376 g/mol. The molecule has 0 bridgehead atoms. The zero-order valence-electron chi connectivity index (χ0n) is 16.6. The van der Waals surface area contributed by atoms with Gasteiger partial charge in [-0.3, -0.25) is 9.69 Å². The van der Waals surface area contributed by atoms with Crippen LogP contribution in [0.25, 0.3) is 10.9 Å². The highest BCUT2D eigenvalue weighted by Crippen LogP contribution is 2.22. The summed E-state index contributed by atoms with van der Waals surface area (Å²) in [6.45, 7) is 6.92. The molecule has 4 nitrogen and oxygen atoms in total. The molecule has 1 N–H and O–H groups in total. The quantitative estimate of drug-likeness (QED) is 0.687. The molecule has 0 saturated carbocycles. The molecular formula is C24H29N3O. The number of hydrogen-bond acceptors (Lipinski definition) is 2. The number of H-pyrrole nitrogens is 1. The van der Waals surface area contributed by atoms with E-state index in [1.165, 1.54) is 5.56 Å². The molecule has 28 heavy (non-hydrogen) atoms. The lowest BCUT2D eigenvalue weighted by Crippen LogP contribution is -2.40. The first-order valence-corrected chi connectivity index (χ1v) is 10.4. The largest absolute Gasteiger partial charge is 0.351 e. The fourth-order valence-corrected chi connectivity index (χ4v) is 4.19. The van der Waals surface area contributed by atoms with Gasteiger partial charge in [0, 0.05) is 30.5 Å². The molecule has 1 fully saturated rings. The van der Waals surface area contributed by atoms with Crippen molar-refractivity contribution < 1.29 is 4.79 Å². The highest BCUT2D eigenvalue weighted by Gasteiger charge is 2.24. The number of fused-ring (bicyclic) bond motifs is 1. The predicted molar refractivity (Wildman–Crippen MR) is 114 cm³/mol. The van der Waals surface area contributed by atoms with E-state index >= 15 is 0 Å². The zero-order valence-corrected chi connectivity index (χ0v) is 16.6. The highest BCUT2D eigenvalue weighted by atomic mass is 16.2. The second-order valence-electron chi connectivity index (χ2n) is 7.82. The van der Waals surface area contributed by atoms with Crippen LogP contribution in [0.4, 0.5) is 0 Å². The van der Waals surface area contributed by atoms with Gasteiger partial charge in [-0.1, -0.05) is 48.5 Å². The third kappa shape index (κ3) is 4.28. The van der Waals surface area contributed by atoms with E-state index in [0.29, 0.717) is 11.6 Å². The maximum atomic E-state index is 13.0. The van der Waals surface area contributed by atoms with Crippen LogP contribution in [0.5, 0.6) is 0 Å². The number of carbonyl (C=O) groups excluding carboxylic acids is 1. The second-order valence-corrected chi connectivity index (χ2v) is 7.82. The molecule has 4 rings (SSSR count). The number of carbonyl (C=O) groups is 1. The van der Waals surface area contributed by atoms with Gasteiger partial charge in [-0.25, -0.2) is 0 Å². The van der Waals surface area contributed by atoms with Gasteiger partial charge in [-0.2, -0.15) is 0 Å². The fourth-order valence-electron chi connectivity index (χ4n) is 4.19. The van der Waals surface area contributed by atoms with E-state index in [4.69, 9.17) is 0 Å². The number of para-hydroxylation sites is 1. The van der Waals surface area contributed by atoms with E-state index in [2.05, 4.69) is 47.1 Å². The number of hydrogen-bond donors (Lipinski definition) is 1.